The summed E-state index contributed by atoms with van der Waals surface area (Å²) in [7, 11) is -4.32. The normalized spacial score (nSPS) is 19.4. The molecule has 1 atom stereocenters. The molecule has 222 valence electrons. The van der Waals surface area contributed by atoms with Crippen LogP contribution >= 0.6 is 0 Å². The zero-order chi connectivity index (χ0) is 30.8. The number of anilines is 2. The first-order chi connectivity index (χ1) is 19.5. The summed E-state index contributed by atoms with van der Waals surface area (Å²) >= 11 is 0. The summed E-state index contributed by atoms with van der Waals surface area (Å²) in [4.78, 5) is 14.4. The minimum Gasteiger partial charge on any atom is -0.506 e. The number of amides is 1. The maximum Gasteiger partial charge on any atom is 0.416 e. The molecule has 3 aromatic rings. The van der Waals surface area contributed by atoms with Crippen molar-refractivity contribution in [2.75, 3.05) is 16.0 Å². The average molecular weight is 611 g/mol. The number of para-hydroxylation sites is 1. The molecule has 2 N–H and O–H groups in total. The summed E-state index contributed by atoms with van der Waals surface area (Å²) in [6.45, 7) is 3.33. The van der Waals surface area contributed by atoms with Crippen molar-refractivity contribution in [1.29, 1.82) is 0 Å². The molecule has 0 aliphatic carbocycles. The minimum absolute atomic E-state index is 0.0153. The fourth-order valence-corrected chi connectivity index (χ4v) is 7.86. The number of phenols is 1. The third-order valence-electron chi connectivity index (χ3n) is 7.18. The maximum atomic E-state index is 15.7. The first kappa shape index (κ1) is 29.5. The van der Waals surface area contributed by atoms with E-state index in [2.05, 4.69) is 5.32 Å². The number of benzene rings is 3. The molecule has 2 heterocycles. The van der Waals surface area contributed by atoms with Crippen LogP contribution in [0.25, 0.3) is 0 Å². The van der Waals surface area contributed by atoms with E-state index in [0.717, 1.165) is 23.1 Å². The molecule has 2 aliphatic heterocycles. The topological polar surface area (TPSA) is 86.7 Å². The molecule has 0 fully saturated rings. The molecule has 1 unspecified atom stereocenters. The quantitative estimate of drug-likeness (QED) is 0.257. The molecule has 0 spiro atoms. The van der Waals surface area contributed by atoms with E-state index < -0.39 is 84.8 Å². The van der Waals surface area contributed by atoms with Crippen molar-refractivity contribution >= 4 is 27.1 Å². The van der Waals surface area contributed by atoms with E-state index in [1.807, 2.05) is 0 Å². The van der Waals surface area contributed by atoms with Crippen molar-refractivity contribution in [3.63, 3.8) is 0 Å². The summed E-state index contributed by atoms with van der Waals surface area (Å²) in [5.41, 5.74) is -3.24. The second kappa shape index (κ2) is 10.1. The Labute approximate surface area is 237 Å². The van der Waals surface area contributed by atoms with Crippen LogP contribution in [-0.2, 0) is 27.2 Å². The van der Waals surface area contributed by atoms with Crippen molar-refractivity contribution in [2.45, 2.75) is 38.9 Å². The van der Waals surface area contributed by atoms with E-state index in [4.69, 9.17) is 0 Å². The number of carbonyl (C=O) groups is 1. The minimum atomic E-state index is -4.91. The molecule has 13 heteroatoms. The number of nitrogens with one attached hydrogen (secondary N) is 1. The van der Waals surface area contributed by atoms with Gasteiger partial charge in [0.1, 0.15) is 34.9 Å². The highest BCUT2D eigenvalue weighted by atomic mass is 32.2. The lowest BCUT2D eigenvalue weighted by Crippen LogP contribution is -2.42. The molecule has 42 heavy (non-hydrogen) atoms. The predicted octanol–water partition coefficient (Wildman–Crippen LogP) is 6.63. The van der Waals surface area contributed by atoms with E-state index in [9.17, 15) is 40.3 Å². The number of halogens is 6. The second-order valence-electron chi connectivity index (χ2n) is 11.1. The molecule has 3 aromatic carbocycles. The van der Waals surface area contributed by atoms with Crippen molar-refractivity contribution in [3.8, 4) is 5.75 Å². The molecule has 0 radical (unpaired) electrons. The molecule has 2 aliphatic rings. The number of phenolic OH excluding ortho intramolecular Hbond substituents is 1. The Balaban J connectivity index is 1.81. The van der Waals surface area contributed by atoms with Gasteiger partial charge in [0, 0.05) is 17.3 Å². The van der Waals surface area contributed by atoms with Crippen LogP contribution in [0.4, 0.5) is 37.7 Å². The van der Waals surface area contributed by atoms with Crippen LogP contribution in [0.1, 0.15) is 43.0 Å². The fourth-order valence-electron chi connectivity index (χ4n) is 5.50. The van der Waals surface area contributed by atoms with Gasteiger partial charge in [0.15, 0.2) is 9.84 Å². The largest absolute Gasteiger partial charge is 0.506 e. The number of alkyl halides is 3. The first-order valence-electron chi connectivity index (χ1n) is 12.7. The maximum absolute atomic E-state index is 15.7. The highest BCUT2D eigenvalue weighted by Gasteiger charge is 2.48. The van der Waals surface area contributed by atoms with Crippen LogP contribution in [0.5, 0.6) is 5.75 Å². The molecular weight excluding hydrogens is 586 g/mol. The van der Waals surface area contributed by atoms with Gasteiger partial charge in [-0.1, -0.05) is 32.0 Å². The van der Waals surface area contributed by atoms with E-state index in [1.54, 1.807) is 13.8 Å². The number of rotatable bonds is 3. The smallest absolute Gasteiger partial charge is 0.416 e. The SMILES string of the molecule is CC1(C)CC2=C(C(c3ccc(C(F)(F)F)cc3F)N(C(=O)Cc3ccc(F)cc3F)c3cccc(O)c3N2)S(=O)(=O)C1. The van der Waals surface area contributed by atoms with Crippen molar-refractivity contribution < 1.29 is 44.7 Å². The van der Waals surface area contributed by atoms with Crippen LogP contribution < -0.4 is 10.2 Å². The number of carbonyl (C=O) groups excluding carboxylic acids is 1. The third-order valence-corrected chi connectivity index (χ3v) is 9.48. The van der Waals surface area contributed by atoms with Gasteiger partial charge in [-0.05, 0) is 47.7 Å². The van der Waals surface area contributed by atoms with Crippen molar-refractivity contribution in [3.05, 3.63) is 99.3 Å². The van der Waals surface area contributed by atoms with Gasteiger partial charge in [-0.15, -0.1) is 0 Å². The van der Waals surface area contributed by atoms with Gasteiger partial charge < -0.3 is 10.4 Å². The van der Waals surface area contributed by atoms with Gasteiger partial charge in [-0.25, -0.2) is 21.6 Å². The van der Waals surface area contributed by atoms with Gasteiger partial charge in [0.05, 0.1) is 28.3 Å². The van der Waals surface area contributed by atoms with Gasteiger partial charge in [-0.2, -0.15) is 13.2 Å². The predicted molar refractivity (Wildman–Crippen MR) is 143 cm³/mol. The zero-order valence-corrected chi connectivity index (χ0v) is 23.0. The molecule has 0 aromatic heterocycles. The lowest BCUT2D eigenvalue weighted by molar-refractivity contribution is -0.137. The van der Waals surface area contributed by atoms with Crippen LogP contribution in [0.2, 0.25) is 0 Å². The Morgan fingerprint density at radius 3 is 2.40 bits per heavy atom. The van der Waals surface area contributed by atoms with Crippen molar-refractivity contribution in [1.82, 2.24) is 0 Å². The monoisotopic (exact) mass is 610 g/mol. The number of nitrogens with zero attached hydrogens (tertiary/aromatic N) is 1. The Hall–Kier alpha value is -4.00. The number of fused-ring (bicyclic) bond motifs is 1. The Kier molecular flexibility index (Phi) is 7.07. The van der Waals surface area contributed by atoms with E-state index >= 15 is 4.39 Å². The first-order valence-corrected chi connectivity index (χ1v) is 14.3. The third kappa shape index (κ3) is 5.33. The van der Waals surface area contributed by atoms with Crippen LogP contribution in [-0.4, -0.2) is 25.2 Å². The Morgan fingerprint density at radius 2 is 1.76 bits per heavy atom. The number of aromatic hydroxyl groups is 1. The van der Waals surface area contributed by atoms with Gasteiger partial charge in [-0.3, -0.25) is 9.69 Å². The summed E-state index contributed by atoms with van der Waals surface area (Å²) in [6, 6.07) is 6.09. The summed E-state index contributed by atoms with van der Waals surface area (Å²) < 4.78 is 112. The van der Waals surface area contributed by atoms with E-state index in [-0.39, 0.29) is 35.1 Å². The average Bonchev–Trinajstić information content (AvgIpc) is 2.99. The van der Waals surface area contributed by atoms with Crippen LogP contribution in [0, 0.1) is 22.9 Å². The summed E-state index contributed by atoms with van der Waals surface area (Å²) in [5.74, 6) is -5.25. The molecule has 5 rings (SSSR count). The molecule has 6 nitrogen and oxygen atoms in total. The van der Waals surface area contributed by atoms with Crippen molar-refractivity contribution in [2.24, 2.45) is 5.41 Å². The lowest BCUT2D eigenvalue weighted by atomic mass is 9.88. The number of hydrogen-bond acceptors (Lipinski definition) is 5. The van der Waals surface area contributed by atoms with Gasteiger partial charge >= 0.3 is 6.18 Å². The van der Waals surface area contributed by atoms with Gasteiger partial charge in [0.2, 0.25) is 5.91 Å². The number of allylic oxidation sites excluding steroid dienone is 1. The molecule has 0 bridgehead atoms. The van der Waals surface area contributed by atoms with E-state index in [0.29, 0.717) is 12.1 Å². The zero-order valence-electron chi connectivity index (χ0n) is 22.2. The highest BCUT2D eigenvalue weighted by Crippen LogP contribution is 2.52. The fraction of sp³-hybridized carbons (Fsp3) is 0.276. The number of sulfone groups is 1. The lowest BCUT2D eigenvalue weighted by Gasteiger charge is -2.37. The van der Waals surface area contributed by atoms with Crippen LogP contribution in [0.3, 0.4) is 0 Å². The molecular formula is C29H24F6N2O4S. The summed E-state index contributed by atoms with van der Waals surface area (Å²) in [6.07, 6.45) is -5.61. The number of hydrogen-bond donors (Lipinski definition) is 2. The second-order valence-corrected chi connectivity index (χ2v) is 13.0. The molecule has 0 saturated carbocycles. The summed E-state index contributed by atoms with van der Waals surface area (Å²) in [5, 5.41) is 13.7. The Bertz CT molecular complexity index is 1750. The molecule has 0 saturated heterocycles. The van der Waals surface area contributed by atoms with Crippen LogP contribution in [0.15, 0.2) is 65.2 Å². The van der Waals surface area contributed by atoms with Gasteiger partial charge in [0.25, 0.3) is 0 Å². The highest BCUT2D eigenvalue weighted by molar-refractivity contribution is 7.95. The van der Waals surface area contributed by atoms with E-state index in [1.165, 1.54) is 18.2 Å². The Morgan fingerprint density at radius 1 is 1.05 bits per heavy atom. The standard InChI is InChI=1S/C29H24F6N2O4S/c1-28(2)13-21-27(42(40,41)14-28)26(18-9-7-16(11-20(18)32)29(33,34)35)37(22-4-3-5-23(38)25(22)36-21)24(39)10-15-6-8-17(30)12-19(15)31/h3-9,11-12,26,36,38H,10,13-14H2,1-2H3. The molecule has 1 amide bonds.